The minimum absolute atomic E-state index is 0.0474. The van der Waals surface area contributed by atoms with Crippen LogP contribution < -0.4 is 4.72 Å². The highest BCUT2D eigenvalue weighted by atomic mass is 35.5. The molecule has 1 fully saturated rings. The second-order valence-electron chi connectivity index (χ2n) is 6.41. The van der Waals surface area contributed by atoms with E-state index in [0.717, 1.165) is 0 Å². The summed E-state index contributed by atoms with van der Waals surface area (Å²) in [6, 6.07) is -0.247. The Morgan fingerprint density at radius 2 is 1.75 bits per heavy atom. The highest BCUT2D eigenvalue weighted by molar-refractivity contribution is 7.92. The van der Waals surface area contributed by atoms with E-state index in [-0.39, 0.29) is 35.8 Å². The Balaban J connectivity index is 2.79. The van der Waals surface area contributed by atoms with Gasteiger partial charge in [0, 0.05) is 11.9 Å². The Morgan fingerprint density at radius 1 is 1.25 bits per heavy atom. The molecule has 120 valence electrons. The van der Waals surface area contributed by atoms with Crippen LogP contribution in [0.4, 0.5) is 0 Å². The average molecular weight is 346 g/mol. The Bertz CT molecular complexity index is 508. The van der Waals surface area contributed by atoms with Crippen molar-refractivity contribution in [3.63, 3.8) is 0 Å². The lowest BCUT2D eigenvalue weighted by Crippen LogP contribution is -2.49. The maximum absolute atomic E-state index is 12.4. The fraction of sp³-hybridized carbons (Fsp3) is 1.00. The predicted molar refractivity (Wildman–Crippen MR) is 82.3 cm³/mol. The fourth-order valence-electron chi connectivity index (χ4n) is 2.25. The average Bonchev–Trinajstić information content (AvgIpc) is 2.26. The number of sulfone groups is 1. The van der Waals surface area contributed by atoms with Crippen molar-refractivity contribution in [3.05, 3.63) is 0 Å². The lowest BCUT2D eigenvalue weighted by Gasteiger charge is -2.33. The normalized spacial score (nSPS) is 22.6. The summed E-state index contributed by atoms with van der Waals surface area (Å²) in [5, 5.41) is -0.619. The van der Waals surface area contributed by atoms with Crippen LogP contribution in [0.25, 0.3) is 0 Å². The first kappa shape index (κ1) is 18.2. The van der Waals surface area contributed by atoms with E-state index in [9.17, 15) is 16.8 Å². The van der Waals surface area contributed by atoms with Crippen LogP contribution in [0.15, 0.2) is 0 Å². The molecule has 1 unspecified atom stereocenters. The molecular formula is C12H24ClNO4S2. The lowest BCUT2D eigenvalue weighted by molar-refractivity contribution is 0.291. The quantitative estimate of drug-likeness (QED) is 0.766. The third kappa shape index (κ3) is 5.16. The van der Waals surface area contributed by atoms with Gasteiger partial charge in [-0.25, -0.2) is 21.6 Å². The van der Waals surface area contributed by atoms with Gasteiger partial charge >= 0.3 is 0 Å². The highest BCUT2D eigenvalue weighted by Gasteiger charge is 2.36. The molecular weight excluding hydrogens is 322 g/mol. The summed E-state index contributed by atoms with van der Waals surface area (Å²) in [5.41, 5.74) is -0.233. The molecule has 1 aliphatic heterocycles. The van der Waals surface area contributed by atoms with Gasteiger partial charge in [-0.1, -0.05) is 20.8 Å². The van der Waals surface area contributed by atoms with Crippen molar-refractivity contribution in [2.24, 2.45) is 5.41 Å². The van der Waals surface area contributed by atoms with Crippen molar-refractivity contribution in [1.29, 1.82) is 0 Å². The highest BCUT2D eigenvalue weighted by Crippen LogP contribution is 2.25. The maximum atomic E-state index is 12.4. The second kappa shape index (κ2) is 6.50. The topological polar surface area (TPSA) is 80.3 Å². The van der Waals surface area contributed by atoms with Crippen LogP contribution in [0.3, 0.4) is 0 Å². The molecule has 0 spiro atoms. The Morgan fingerprint density at radius 3 is 2.15 bits per heavy atom. The third-order valence-electron chi connectivity index (χ3n) is 3.69. The number of hydrogen-bond acceptors (Lipinski definition) is 4. The van der Waals surface area contributed by atoms with Crippen LogP contribution in [0.2, 0.25) is 0 Å². The van der Waals surface area contributed by atoms with E-state index in [1.54, 1.807) is 0 Å². The standard InChI is InChI=1S/C12H24ClNO4S2/c1-12(2,3)11(4-7-13)14-20(17,18)10-5-8-19(15,16)9-6-10/h10-11,14H,4-9H2,1-3H3. The van der Waals surface area contributed by atoms with E-state index in [0.29, 0.717) is 12.3 Å². The Hall–Kier alpha value is 0.150. The SMILES string of the molecule is CC(C)(C)C(CCCl)NS(=O)(=O)C1CCS(=O)(=O)CC1. The second-order valence-corrected chi connectivity index (χ2v) is 11.1. The number of alkyl halides is 1. The number of hydrogen-bond donors (Lipinski definition) is 1. The van der Waals surface area contributed by atoms with Crippen molar-refractivity contribution in [2.75, 3.05) is 17.4 Å². The number of halogens is 1. The van der Waals surface area contributed by atoms with Crippen LogP contribution in [0, 0.1) is 5.41 Å². The molecule has 0 aromatic carbocycles. The van der Waals surface area contributed by atoms with Gasteiger partial charge in [0.05, 0.1) is 16.8 Å². The molecule has 20 heavy (non-hydrogen) atoms. The van der Waals surface area contributed by atoms with Crippen molar-refractivity contribution in [3.8, 4) is 0 Å². The summed E-state index contributed by atoms with van der Waals surface area (Å²) < 4.78 is 50.2. The molecule has 0 radical (unpaired) electrons. The molecule has 1 atom stereocenters. The van der Waals surface area contributed by atoms with Crippen LogP contribution in [0.5, 0.6) is 0 Å². The van der Waals surface area contributed by atoms with Crippen LogP contribution >= 0.6 is 11.6 Å². The Labute approximate surface area is 127 Å². The van der Waals surface area contributed by atoms with Gasteiger partial charge in [0.1, 0.15) is 9.84 Å². The van der Waals surface area contributed by atoms with Crippen molar-refractivity contribution >= 4 is 31.5 Å². The minimum Gasteiger partial charge on any atom is -0.229 e. The zero-order valence-corrected chi connectivity index (χ0v) is 14.6. The first-order valence-electron chi connectivity index (χ1n) is 6.75. The molecule has 0 aliphatic carbocycles. The molecule has 1 aliphatic rings. The third-order valence-corrected chi connectivity index (χ3v) is 7.59. The smallest absolute Gasteiger partial charge is 0.214 e. The summed E-state index contributed by atoms with van der Waals surface area (Å²) in [4.78, 5) is 0. The summed E-state index contributed by atoms with van der Waals surface area (Å²) in [7, 11) is -6.57. The molecule has 1 heterocycles. The van der Waals surface area contributed by atoms with Gasteiger partial charge in [-0.05, 0) is 24.7 Å². The largest absolute Gasteiger partial charge is 0.229 e. The number of rotatable bonds is 5. The summed E-state index contributed by atoms with van der Waals surface area (Å²) in [6.45, 7) is 5.87. The van der Waals surface area contributed by atoms with Gasteiger partial charge in [-0.2, -0.15) is 0 Å². The molecule has 0 aromatic heterocycles. The van der Waals surface area contributed by atoms with E-state index in [4.69, 9.17) is 11.6 Å². The molecule has 5 nitrogen and oxygen atoms in total. The summed E-state index contributed by atoms with van der Waals surface area (Å²) in [6.07, 6.45) is 0.903. The monoisotopic (exact) mass is 345 g/mol. The Kier molecular flexibility index (Phi) is 5.92. The molecule has 8 heteroatoms. The van der Waals surface area contributed by atoms with Gasteiger partial charge in [-0.3, -0.25) is 0 Å². The van der Waals surface area contributed by atoms with Crippen LogP contribution in [-0.4, -0.2) is 45.5 Å². The van der Waals surface area contributed by atoms with E-state index >= 15 is 0 Å². The molecule has 1 rings (SSSR count). The van der Waals surface area contributed by atoms with Crippen molar-refractivity contribution in [1.82, 2.24) is 4.72 Å². The van der Waals surface area contributed by atoms with Gasteiger partial charge in [-0.15, -0.1) is 11.6 Å². The molecule has 1 saturated heterocycles. The number of nitrogens with one attached hydrogen (secondary N) is 1. The van der Waals surface area contributed by atoms with Crippen molar-refractivity contribution in [2.45, 2.75) is 51.3 Å². The molecule has 0 amide bonds. The summed E-state index contributed by atoms with van der Waals surface area (Å²) >= 11 is 5.74. The van der Waals surface area contributed by atoms with Gasteiger partial charge in [0.2, 0.25) is 10.0 Å². The predicted octanol–water partition coefficient (Wildman–Crippen LogP) is 1.53. The van der Waals surface area contributed by atoms with E-state index in [1.807, 2.05) is 20.8 Å². The molecule has 0 aromatic rings. The van der Waals surface area contributed by atoms with E-state index < -0.39 is 25.1 Å². The molecule has 0 saturated carbocycles. The van der Waals surface area contributed by atoms with Gasteiger partial charge < -0.3 is 0 Å². The fourth-order valence-corrected chi connectivity index (χ4v) is 6.18. The van der Waals surface area contributed by atoms with Crippen molar-refractivity contribution < 1.29 is 16.8 Å². The van der Waals surface area contributed by atoms with Gasteiger partial charge in [0.15, 0.2) is 0 Å². The van der Waals surface area contributed by atoms with Crippen LogP contribution in [0.1, 0.15) is 40.0 Å². The zero-order valence-electron chi connectivity index (χ0n) is 12.2. The molecule has 0 bridgehead atoms. The first-order valence-corrected chi connectivity index (χ1v) is 10.7. The minimum atomic E-state index is -3.51. The van der Waals surface area contributed by atoms with E-state index in [2.05, 4.69) is 4.72 Å². The van der Waals surface area contributed by atoms with E-state index in [1.165, 1.54) is 0 Å². The zero-order chi connectivity index (χ0) is 15.6. The first-order chi connectivity index (χ1) is 8.98. The molecule has 1 N–H and O–H groups in total. The van der Waals surface area contributed by atoms with Crippen LogP contribution in [-0.2, 0) is 19.9 Å². The maximum Gasteiger partial charge on any atom is 0.214 e. The summed E-state index contributed by atoms with van der Waals surface area (Å²) in [5.74, 6) is 0.284. The number of sulfonamides is 1. The van der Waals surface area contributed by atoms with Gasteiger partial charge in [0.25, 0.3) is 0 Å². The lowest BCUT2D eigenvalue weighted by atomic mass is 9.86.